The Morgan fingerprint density at radius 2 is 1.78 bits per heavy atom. The molecule has 4 nitrogen and oxygen atoms in total. The molecule has 0 saturated carbocycles. The zero-order valence-electron chi connectivity index (χ0n) is 11.5. The number of ether oxygens (including phenoxy) is 1. The van der Waals surface area contributed by atoms with Crippen LogP contribution in [0.2, 0.25) is 0 Å². The van der Waals surface area contributed by atoms with Gasteiger partial charge in [0.15, 0.2) is 0 Å². The minimum absolute atomic E-state index is 0. The van der Waals surface area contributed by atoms with Crippen molar-refractivity contribution in [1.82, 2.24) is 10.3 Å². The molecule has 0 atom stereocenters. The Bertz CT molecular complexity index is 394. The van der Waals surface area contributed by atoms with E-state index in [1.54, 1.807) is 0 Å². The number of carbonyl (C=O) groups excluding carboxylic acids is 1. The van der Waals surface area contributed by atoms with E-state index >= 15 is 0 Å². The topological polar surface area (TPSA) is 51.2 Å². The van der Waals surface area contributed by atoms with E-state index in [1.807, 2.05) is 46.8 Å². The van der Waals surface area contributed by atoms with Crippen LogP contribution in [0, 0.1) is 13.8 Å². The van der Waals surface area contributed by atoms with Crippen LogP contribution < -0.4 is 5.32 Å². The van der Waals surface area contributed by atoms with E-state index in [4.69, 9.17) is 4.74 Å². The number of alkyl carbamates (subject to hydrolysis) is 1. The standard InChI is InChI=1S/C13H20N2O2.ClH/c1-9-6-11(7-10(2)14-9)8-17-12(16)15-13(3,4)5;/h6-7H,8H2,1-5H3,(H,15,16);1H. The molecule has 1 aromatic rings. The highest BCUT2D eigenvalue weighted by molar-refractivity contribution is 5.85. The fourth-order valence-corrected chi connectivity index (χ4v) is 1.50. The molecule has 1 N–H and O–H groups in total. The van der Waals surface area contributed by atoms with Gasteiger partial charge in [0, 0.05) is 16.9 Å². The summed E-state index contributed by atoms with van der Waals surface area (Å²) in [5.74, 6) is 0. The van der Waals surface area contributed by atoms with Crippen LogP contribution in [0.15, 0.2) is 12.1 Å². The van der Waals surface area contributed by atoms with Gasteiger partial charge in [-0.2, -0.15) is 0 Å². The number of aryl methyl sites for hydroxylation is 2. The van der Waals surface area contributed by atoms with Gasteiger partial charge in [-0.05, 0) is 52.3 Å². The molecule has 1 aromatic heterocycles. The van der Waals surface area contributed by atoms with Crippen molar-refractivity contribution in [2.24, 2.45) is 0 Å². The second-order valence-corrected chi connectivity index (χ2v) is 5.21. The molecule has 0 spiro atoms. The van der Waals surface area contributed by atoms with Crippen LogP contribution in [0.25, 0.3) is 0 Å². The molecule has 0 unspecified atom stereocenters. The maximum absolute atomic E-state index is 11.5. The number of nitrogens with one attached hydrogen (secondary N) is 1. The van der Waals surface area contributed by atoms with Gasteiger partial charge in [-0.1, -0.05) is 0 Å². The van der Waals surface area contributed by atoms with Crippen LogP contribution in [-0.2, 0) is 11.3 Å². The highest BCUT2D eigenvalue weighted by atomic mass is 35.5. The summed E-state index contributed by atoms with van der Waals surface area (Å²) in [6.45, 7) is 9.85. The molecule has 1 heterocycles. The third-order valence-corrected chi connectivity index (χ3v) is 1.99. The van der Waals surface area contributed by atoms with E-state index in [1.165, 1.54) is 0 Å². The summed E-state index contributed by atoms with van der Waals surface area (Å²) >= 11 is 0. The molecular weight excluding hydrogens is 252 g/mol. The predicted molar refractivity (Wildman–Crippen MR) is 74.0 cm³/mol. The fourth-order valence-electron chi connectivity index (χ4n) is 1.50. The number of halogens is 1. The molecule has 1 rings (SSSR count). The fraction of sp³-hybridized carbons (Fsp3) is 0.538. The van der Waals surface area contributed by atoms with Gasteiger partial charge in [0.25, 0.3) is 0 Å². The zero-order valence-corrected chi connectivity index (χ0v) is 12.4. The molecule has 0 radical (unpaired) electrons. The molecule has 0 aliphatic carbocycles. The van der Waals surface area contributed by atoms with Crippen LogP contribution in [0.3, 0.4) is 0 Å². The highest BCUT2D eigenvalue weighted by Crippen LogP contribution is 2.07. The number of amides is 1. The van der Waals surface area contributed by atoms with Crippen molar-refractivity contribution >= 4 is 18.5 Å². The lowest BCUT2D eigenvalue weighted by molar-refractivity contribution is 0.131. The lowest BCUT2D eigenvalue weighted by Gasteiger charge is -2.20. The quantitative estimate of drug-likeness (QED) is 0.900. The molecule has 0 aliphatic heterocycles. The Hall–Kier alpha value is -1.29. The van der Waals surface area contributed by atoms with Gasteiger partial charge in [0.05, 0.1) is 0 Å². The Labute approximate surface area is 115 Å². The molecule has 1 amide bonds. The first-order chi connectivity index (χ1) is 7.76. The Balaban J connectivity index is 0.00000289. The van der Waals surface area contributed by atoms with E-state index in [0.717, 1.165) is 17.0 Å². The summed E-state index contributed by atoms with van der Waals surface area (Å²) in [4.78, 5) is 15.7. The molecule has 0 aromatic carbocycles. The minimum Gasteiger partial charge on any atom is -0.445 e. The SMILES string of the molecule is Cc1cc(COC(=O)NC(C)(C)C)cc(C)n1.Cl. The summed E-state index contributed by atoms with van der Waals surface area (Å²) in [7, 11) is 0. The molecule has 0 saturated heterocycles. The number of rotatable bonds is 2. The number of pyridine rings is 1. The average molecular weight is 273 g/mol. The largest absolute Gasteiger partial charge is 0.445 e. The van der Waals surface area contributed by atoms with E-state index in [-0.39, 0.29) is 24.6 Å². The van der Waals surface area contributed by atoms with E-state index in [2.05, 4.69) is 10.3 Å². The maximum atomic E-state index is 11.5. The Morgan fingerprint density at radius 1 is 1.28 bits per heavy atom. The van der Waals surface area contributed by atoms with Gasteiger partial charge in [-0.25, -0.2) is 4.79 Å². The molecule has 102 valence electrons. The summed E-state index contributed by atoms with van der Waals surface area (Å²) in [6.07, 6.45) is -0.399. The first-order valence-corrected chi connectivity index (χ1v) is 5.65. The predicted octanol–water partition coefficient (Wildman–Crippen LogP) is 3.14. The number of nitrogens with zero attached hydrogens (tertiary/aromatic N) is 1. The van der Waals surface area contributed by atoms with Crippen LogP contribution in [-0.4, -0.2) is 16.6 Å². The van der Waals surface area contributed by atoms with Crippen LogP contribution in [0.1, 0.15) is 37.7 Å². The molecule has 5 heteroatoms. The van der Waals surface area contributed by atoms with Gasteiger partial charge >= 0.3 is 6.09 Å². The van der Waals surface area contributed by atoms with Crippen molar-refractivity contribution in [3.05, 3.63) is 29.1 Å². The smallest absolute Gasteiger partial charge is 0.407 e. The van der Waals surface area contributed by atoms with Gasteiger partial charge in [0.2, 0.25) is 0 Å². The third-order valence-electron chi connectivity index (χ3n) is 1.99. The normalized spacial score (nSPS) is 10.5. The summed E-state index contributed by atoms with van der Waals surface area (Å²) in [5, 5.41) is 2.74. The lowest BCUT2D eigenvalue weighted by atomic mass is 10.1. The maximum Gasteiger partial charge on any atom is 0.407 e. The zero-order chi connectivity index (χ0) is 13.1. The van der Waals surface area contributed by atoms with Crippen molar-refractivity contribution in [3.63, 3.8) is 0 Å². The average Bonchev–Trinajstić information content (AvgIpc) is 2.10. The molecule has 18 heavy (non-hydrogen) atoms. The van der Waals surface area contributed by atoms with Crippen LogP contribution in [0.4, 0.5) is 4.79 Å². The number of carbonyl (C=O) groups is 1. The molecule has 0 fully saturated rings. The first kappa shape index (κ1) is 16.7. The monoisotopic (exact) mass is 272 g/mol. The molecule has 0 aliphatic rings. The van der Waals surface area contributed by atoms with Gasteiger partial charge in [-0.15, -0.1) is 12.4 Å². The van der Waals surface area contributed by atoms with E-state index in [0.29, 0.717) is 0 Å². The van der Waals surface area contributed by atoms with Crippen molar-refractivity contribution in [2.75, 3.05) is 0 Å². The van der Waals surface area contributed by atoms with Crippen molar-refractivity contribution in [1.29, 1.82) is 0 Å². The van der Waals surface area contributed by atoms with Crippen molar-refractivity contribution in [3.8, 4) is 0 Å². The number of hydrogen-bond acceptors (Lipinski definition) is 3. The lowest BCUT2D eigenvalue weighted by Crippen LogP contribution is -2.40. The number of hydrogen-bond donors (Lipinski definition) is 1. The summed E-state index contributed by atoms with van der Waals surface area (Å²) in [5.41, 5.74) is 2.54. The van der Waals surface area contributed by atoms with E-state index in [9.17, 15) is 4.79 Å². The summed E-state index contributed by atoms with van der Waals surface area (Å²) < 4.78 is 5.14. The van der Waals surface area contributed by atoms with Gasteiger partial charge in [0.1, 0.15) is 6.61 Å². The number of aromatic nitrogens is 1. The third kappa shape index (κ3) is 6.45. The van der Waals surface area contributed by atoms with Crippen LogP contribution in [0.5, 0.6) is 0 Å². The molecule has 0 bridgehead atoms. The minimum atomic E-state index is -0.399. The Morgan fingerprint density at radius 3 is 2.22 bits per heavy atom. The first-order valence-electron chi connectivity index (χ1n) is 5.65. The van der Waals surface area contributed by atoms with E-state index < -0.39 is 6.09 Å². The second-order valence-electron chi connectivity index (χ2n) is 5.21. The van der Waals surface area contributed by atoms with Crippen LogP contribution >= 0.6 is 12.4 Å². The van der Waals surface area contributed by atoms with Crippen molar-refractivity contribution < 1.29 is 9.53 Å². The van der Waals surface area contributed by atoms with Gasteiger partial charge < -0.3 is 10.1 Å². The second kappa shape index (κ2) is 6.59. The summed E-state index contributed by atoms with van der Waals surface area (Å²) in [6, 6.07) is 3.83. The van der Waals surface area contributed by atoms with Gasteiger partial charge in [-0.3, -0.25) is 4.98 Å². The molecular formula is C13H21ClN2O2. The Kier molecular flexibility index (Phi) is 6.12. The van der Waals surface area contributed by atoms with Crippen molar-refractivity contribution in [2.45, 2.75) is 46.8 Å². The highest BCUT2D eigenvalue weighted by Gasteiger charge is 2.14.